The van der Waals surface area contributed by atoms with E-state index in [0.29, 0.717) is 17.1 Å². The predicted molar refractivity (Wildman–Crippen MR) is 129 cm³/mol. The van der Waals surface area contributed by atoms with Crippen molar-refractivity contribution in [2.75, 3.05) is 20.2 Å². The SMILES string of the molecule is CNC(C)(C)C.Cc1cc(C=O)cc(-c2ccc3[nH]c(CN4CCC4CO)cc3c2)c1. The molecule has 2 heterocycles. The van der Waals surface area contributed by atoms with E-state index >= 15 is 0 Å². The van der Waals surface area contributed by atoms with Crippen molar-refractivity contribution in [2.45, 2.75) is 52.2 Å². The minimum atomic E-state index is 0.233. The van der Waals surface area contributed by atoms with Gasteiger partial charge in [-0.3, -0.25) is 9.69 Å². The number of likely N-dealkylation sites (tertiary alicyclic amines) is 1. The number of hydrogen-bond acceptors (Lipinski definition) is 4. The topological polar surface area (TPSA) is 68.4 Å². The molecule has 2 aromatic carbocycles. The fraction of sp³-hybridized carbons (Fsp3) is 0.423. The van der Waals surface area contributed by atoms with Gasteiger partial charge in [-0.05, 0) is 88.2 Å². The smallest absolute Gasteiger partial charge is 0.150 e. The van der Waals surface area contributed by atoms with Crippen molar-refractivity contribution in [1.29, 1.82) is 0 Å². The molecule has 0 aliphatic carbocycles. The van der Waals surface area contributed by atoms with Gasteiger partial charge in [-0.1, -0.05) is 12.1 Å². The van der Waals surface area contributed by atoms with E-state index in [1.807, 2.05) is 26.1 Å². The number of aromatic amines is 1. The van der Waals surface area contributed by atoms with Crippen LogP contribution >= 0.6 is 0 Å². The molecule has 3 aromatic rings. The number of aryl methyl sites for hydroxylation is 1. The van der Waals surface area contributed by atoms with E-state index in [9.17, 15) is 9.90 Å². The number of hydrogen-bond donors (Lipinski definition) is 3. The number of aliphatic hydroxyl groups is 1. The van der Waals surface area contributed by atoms with Gasteiger partial charge in [0.15, 0.2) is 0 Å². The van der Waals surface area contributed by atoms with Crippen LogP contribution in [0, 0.1) is 6.92 Å². The second-order valence-electron chi connectivity index (χ2n) is 9.44. The number of carbonyl (C=O) groups excluding carboxylic acids is 1. The molecular weight excluding hydrogens is 386 g/mol. The number of aldehydes is 1. The highest BCUT2D eigenvalue weighted by Gasteiger charge is 2.27. The molecule has 1 unspecified atom stereocenters. The molecule has 0 bridgehead atoms. The van der Waals surface area contributed by atoms with Crippen molar-refractivity contribution < 1.29 is 9.90 Å². The third-order valence-electron chi connectivity index (χ3n) is 5.85. The first-order valence-corrected chi connectivity index (χ1v) is 10.9. The van der Waals surface area contributed by atoms with Gasteiger partial charge in [-0.25, -0.2) is 0 Å². The van der Waals surface area contributed by atoms with Gasteiger partial charge >= 0.3 is 0 Å². The molecule has 0 spiro atoms. The molecule has 0 radical (unpaired) electrons. The summed E-state index contributed by atoms with van der Waals surface area (Å²) < 4.78 is 0. The fourth-order valence-electron chi connectivity index (χ4n) is 3.63. The number of fused-ring (bicyclic) bond motifs is 1. The average molecular weight is 422 g/mol. The molecule has 5 nitrogen and oxygen atoms in total. The summed E-state index contributed by atoms with van der Waals surface area (Å²) in [6.07, 6.45) is 1.97. The Labute approximate surface area is 185 Å². The molecular formula is C26H35N3O2. The van der Waals surface area contributed by atoms with E-state index in [2.05, 4.69) is 66.3 Å². The van der Waals surface area contributed by atoms with E-state index in [4.69, 9.17) is 0 Å². The summed E-state index contributed by atoms with van der Waals surface area (Å²) in [6.45, 7) is 10.5. The van der Waals surface area contributed by atoms with Gasteiger partial charge in [0.1, 0.15) is 6.29 Å². The maximum atomic E-state index is 11.1. The van der Waals surface area contributed by atoms with E-state index in [1.165, 1.54) is 11.1 Å². The second-order valence-corrected chi connectivity index (χ2v) is 9.44. The molecule has 3 N–H and O–H groups in total. The van der Waals surface area contributed by atoms with Crippen LogP contribution in [0.3, 0.4) is 0 Å². The van der Waals surface area contributed by atoms with E-state index in [1.54, 1.807) is 0 Å². The van der Waals surface area contributed by atoms with Crippen LogP contribution in [0.1, 0.15) is 48.8 Å². The summed E-state index contributed by atoms with van der Waals surface area (Å²) in [4.78, 5) is 16.9. The molecule has 1 atom stereocenters. The Kier molecular flexibility index (Phi) is 7.31. The zero-order valence-corrected chi connectivity index (χ0v) is 19.3. The number of benzene rings is 2. The van der Waals surface area contributed by atoms with Crippen molar-refractivity contribution >= 4 is 17.2 Å². The molecule has 0 amide bonds. The highest BCUT2D eigenvalue weighted by Crippen LogP contribution is 2.28. The first-order chi connectivity index (χ1) is 14.7. The molecule has 5 heteroatoms. The van der Waals surface area contributed by atoms with E-state index < -0.39 is 0 Å². The normalized spacial score (nSPS) is 16.5. The first kappa shape index (κ1) is 23.2. The summed E-state index contributed by atoms with van der Waals surface area (Å²) >= 11 is 0. The van der Waals surface area contributed by atoms with Crippen molar-refractivity contribution in [3.05, 3.63) is 59.3 Å². The highest BCUT2D eigenvalue weighted by atomic mass is 16.3. The minimum absolute atomic E-state index is 0.233. The maximum absolute atomic E-state index is 11.1. The summed E-state index contributed by atoms with van der Waals surface area (Å²) in [6, 6.07) is 14.8. The number of aliphatic hydroxyl groups excluding tert-OH is 1. The van der Waals surface area contributed by atoms with Gasteiger partial charge in [0, 0.05) is 46.8 Å². The standard InChI is InChI=1S/C21H22N2O2.C5H13N/c1-14-6-15(12-24)8-17(7-14)16-2-3-21-18(9-16)10-19(22-21)11-23-5-4-20(23)13-25;1-5(2,3)6-4/h2-3,6-10,12,20,22,25H,4-5,11,13H2,1H3;6H,1-4H3. The Morgan fingerprint density at radius 3 is 2.48 bits per heavy atom. The molecule has 0 saturated carbocycles. The third-order valence-corrected chi connectivity index (χ3v) is 5.85. The zero-order chi connectivity index (χ0) is 22.6. The van der Waals surface area contributed by atoms with Crippen molar-refractivity contribution in [3.63, 3.8) is 0 Å². The lowest BCUT2D eigenvalue weighted by Gasteiger charge is -2.39. The Morgan fingerprint density at radius 1 is 1.16 bits per heavy atom. The molecule has 1 aliphatic heterocycles. The summed E-state index contributed by atoms with van der Waals surface area (Å²) in [5.74, 6) is 0. The molecule has 1 saturated heterocycles. The van der Waals surface area contributed by atoms with Gasteiger partial charge in [0.05, 0.1) is 6.61 Å². The molecule has 4 rings (SSSR count). The molecule has 1 aromatic heterocycles. The lowest BCUT2D eigenvalue weighted by atomic mass is 9.99. The Balaban J connectivity index is 0.000000401. The van der Waals surface area contributed by atoms with Crippen LogP contribution in [0.2, 0.25) is 0 Å². The molecule has 1 aliphatic rings. The number of nitrogens with zero attached hydrogens (tertiary/aromatic N) is 1. The minimum Gasteiger partial charge on any atom is -0.395 e. The second kappa shape index (κ2) is 9.77. The quantitative estimate of drug-likeness (QED) is 0.530. The van der Waals surface area contributed by atoms with Crippen LogP contribution < -0.4 is 5.32 Å². The number of carbonyl (C=O) groups is 1. The summed E-state index contributed by atoms with van der Waals surface area (Å²) in [5.41, 5.74) is 6.54. The van der Waals surface area contributed by atoms with Gasteiger partial charge in [-0.15, -0.1) is 0 Å². The van der Waals surface area contributed by atoms with Crippen molar-refractivity contribution in [2.24, 2.45) is 0 Å². The van der Waals surface area contributed by atoms with Crippen LogP contribution in [-0.2, 0) is 6.54 Å². The van der Waals surface area contributed by atoms with Gasteiger partial charge in [0.25, 0.3) is 0 Å². The van der Waals surface area contributed by atoms with Crippen molar-refractivity contribution in [1.82, 2.24) is 15.2 Å². The van der Waals surface area contributed by atoms with Gasteiger partial charge in [0.2, 0.25) is 0 Å². The van der Waals surface area contributed by atoms with E-state index in [-0.39, 0.29) is 6.61 Å². The Hall–Kier alpha value is -2.47. The highest BCUT2D eigenvalue weighted by molar-refractivity contribution is 5.87. The van der Waals surface area contributed by atoms with Crippen molar-refractivity contribution in [3.8, 4) is 11.1 Å². The van der Waals surface area contributed by atoms with Crippen LogP contribution in [-0.4, -0.2) is 53.1 Å². The van der Waals surface area contributed by atoms with Crippen LogP contribution in [0.4, 0.5) is 0 Å². The number of aromatic nitrogens is 1. The zero-order valence-electron chi connectivity index (χ0n) is 19.3. The predicted octanol–water partition coefficient (Wildman–Crippen LogP) is 4.53. The average Bonchev–Trinajstić information content (AvgIpc) is 3.13. The van der Waals surface area contributed by atoms with Gasteiger partial charge in [-0.2, -0.15) is 0 Å². The number of H-pyrrole nitrogens is 1. The molecule has 31 heavy (non-hydrogen) atoms. The molecule has 166 valence electrons. The Bertz CT molecular complexity index is 1030. The van der Waals surface area contributed by atoms with Crippen LogP contribution in [0.15, 0.2) is 42.5 Å². The largest absolute Gasteiger partial charge is 0.395 e. The van der Waals surface area contributed by atoms with E-state index in [0.717, 1.165) is 48.0 Å². The first-order valence-electron chi connectivity index (χ1n) is 10.9. The summed E-state index contributed by atoms with van der Waals surface area (Å²) in [5, 5.41) is 13.6. The number of rotatable bonds is 5. The number of nitrogens with one attached hydrogen (secondary N) is 2. The van der Waals surface area contributed by atoms with Crippen LogP contribution in [0.5, 0.6) is 0 Å². The molecule has 1 fully saturated rings. The Morgan fingerprint density at radius 2 is 1.90 bits per heavy atom. The lowest BCUT2D eigenvalue weighted by molar-refractivity contribution is 0.0348. The third kappa shape index (κ3) is 6.03. The monoisotopic (exact) mass is 421 g/mol. The lowest BCUT2D eigenvalue weighted by Crippen LogP contribution is -2.49. The summed E-state index contributed by atoms with van der Waals surface area (Å²) in [7, 11) is 1.96. The maximum Gasteiger partial charge on any atom is 0.150 e. The van der Waals surface area contributed by atoms with Gasteiger partial charge < -0.3 is 15.4 Å². The van der Waals surface area contributed by atoms with Crippen LogP contribution in [0.25, 0.3) is 22.0 Å². The fourth-order valence-corrected chi connectivity index (χ4v) is 3.63.